The Morgan fingerprint density at radius 2 is 1.66 bits per heavy atom. The number of ether oxygens (including phenoxy) is 2. The van der Waals surface area contributed by atoms with E-state index in [-0.39, 0.29) is 12.3 Å². The van der Waals surface area contributed by atoms with Gasteiger partial charge in [0, 0.05) is 18.5 Å². The summed E-state index contributed by atoms with van der Waals surface area (Å²) in [4.78, 5) is 15.5. The Bertz CT molecular complexity index is 950. The minimum absolute atomic E-state index is 0.136. The molecule has 2 aliphatic rings. The number of piperidine rings is 1. The lowest BCUT2D eigenvalue weighted by molar-refractivity contribution is 0.0587. The van der Waals surface area contributed by atoms with Crippen molar-refractivity contribution in [3.63, 3.8) is 0 Å². The first kappa shape index (κ1) is 22.8. The van der Waals surface area contributed by atoms with Gasteiger partial charge >= 0.3 is 0 Å². The fraction of sp³-hybridized carbons (Fsp3) is 0.519. The van der Waals surface area contributed by atoms with Crippen LogP contribution in [0.3, 0.4) is 0 Å². The zero-order chi connectivity index (χ0) is 22.7. The summed E-state index contributed by atoms with van der Waals surface area (Å²) < 4.78 is 27.3. The molecule has 0 bridgehead atoms. The monoisotopic (exact) mass is 439 g/mol. The number of hydrogen-bond acceptors (Lipinski definition) is 4. The number of fused-ring (bicyclic) bond motifs is 1. The average Bonchev–Trinajstić information content (AvgIpc) is 3.01. The molecule has 4 rings (SSSR count). The van der Waals surface area contributed by atoms with Crippen molar-refractivity contribution in [1.29, 1.82) is 0 Å². The van der Waals surface area contributed by atoms with Crippen LogP contribution in [0.5, 0.6) is 11.5 Å². The molecule has 1 heterocycles. The molecule has 1 aliphatic heterocycles. The Morgan fingerprint density at radius 3 is 2.28 bits per heavy atom. The molecule has 1 saturated heterocycles. The quantitative estimate of drug-likeness (QED) is 0.541. The smallest absolute Gasteiger partial charge is 0.200 e. The van der Waals surface area contributed by atoms with E-state index in [9.17, 15) is 4.79 Å². The molecule has 4 nitrogen and oxygen atoms in total. The molecule has 0 spiro atoms. The molecule has 1 atom stereocenters. The van der Waals surface area contributed by atoms with Crippen LogP contribution in [0.1, 0.15) is 60.2 Å². The van der Waals surface area contributed by atoms with Gasteiger partial charge in [-0.15, -0.1) is 0 Å². The van der Waals surface area contributed by atoms with Crippen molar-refractivity contribution in [2.75, 3.05) is 26.3 Å². The number of carbonyl (C=O) groups is 1. The third-order valence-electron chi connectivity index (χ3n) is 6.74. The second kappa shape index (κ2) is 9.62. The predicted octanol–water partition coefficient (Wildman–Crippen LogP) is 5.54. The van der Waals surface area contributed by atoms with E-state index in [1.165, 1.54) is 11.1 Å². The van der Waals surface area contributed by atoms with Crippen molar-refractivity contribution in [3.05, 3.63) is 58.7 Å². The van der Waals surface area contributed by atoms with E-state index in [2.05, 4.69) is 36.1 Å². The normalized spacial score (nSPS) is 21.6. The largest absolute Gasteiger partial charge is 0.490 e. The highest BCUT2D eigenvalue weighted by atomic mass is 19.1. The van der Waals surface area contributed by atoms with E-state index in [1.807, 2.05) is 13.8 Å². The molecule has 0 amide bonds. The molecule has 2 aromatic rings. The summed E-state index contributed by atoms with van der Waals surface area (Å²) >= 11 is 0. The molecule has 1 fully saturated rings. The predicted molar refractivity (Wildman–Crippen MR) is 124 cm³/mol. The van der Waals surface area contributed by atoms with Gasteiger partial charge < -0.3 is 9.47 Å². The molecule has 172 valence electrons. The van der Waals surface area contributed by atoms with Crippen molar-refractivity contribution >= 4 is 5.78 Å². The Kier molecular flexibility index (Phi) is 6.85. The summed E-state index contributed by atoms with van der Waals surface area (Å²) in [5, 5.41) is 0. The van der Waals surface area contributed by atoms with Gasteiger partial charge in [0.05, 0.1) is 13.2 Å². The van der Waals surface area contributed by atoms with Gasteiger partial charge in [-0.05, 0) is 82.3 Å². The van der Waals surface area contributed by atoms with E-state index < -0.39 is 11.5 Å². The third-order valence-corrected chi connectivity index (χ3v) is 6.74. The summed E-state index contributed by atoms with van der Waals surface area (Å²) in [6.45, 7) is 9.66. The Hall–Kier alpha value is -2.40. The fourth-order valence-electron chi connectivity index (χ4n) is 5.04. The number of nitrogens with zero attached hydrogens (tertiary/aromatic N) is 1. The highest BCUT2D eigenvalue weighted by Crippen LogP contribution is 2.43. The van der Waals surface area contributed by atoms with Crippen LogP contribution in [0.2, 0.25) is 0 Å². The van der Waals surface area contributed by atoms with Gasteiger partial charge in [-0.1, -0.05) is 29.8 Å². The van der Waals surface area contributed by atoms with Crippen LogP contribution in [0.4, 0.5) is 4.39 Å². The summed E-state index contributed by atoms with van der Waals surface area (Å²) in [6.07, 6.45) is 2.29. The van der Waals surface area contributed by atoms with Gasteiger partial charge in [0.25, 0.3) is 0 Å². The van der Waals surface area contributed by atoms with E-state index in [0.29, 0.717) is 36.7 Å². The second-order valence-electron chi connectivity index (χ2n) is 9.20. The lowest BCUT2D eigenvalue weighted by Gasteiger charge is -2.34. The molecular weight excluding hydrogens is 405 g/mol. The molecule has 0 aromatic heterocycles. The number of alkyl halides is 1. The first-order valence-electron chi connectivity index (χ1n) is 11.9. The number of halogens is 1. The van der Waals surface area contributed by atoms with Crippen LogP contribution < -0.4 is 9.47 Å². The molecule has 0 N–H and O–H groups in total. The minimum Gasteiger partial charge on any atom is -0.490 e. The van der Waals surface area contributed by atoms with Gasteiger partial charge in [-0.3, -0.25) is 9.69 Å². The molecule has 5 heteroatoms. The first-order valence-corrected chi connectivity index (χ1v) is 11.9. The number of benzene rings is 2. The van der Waals surface area contributed by atoms with Gasteiger partial charge in [-0.2, -0.15) is 0 Å². The van der Waals surface area contributed by atoms with Gasteiger partial charge in [0.15, 0.2) is 17.2 Å². The summed E-state index contributed by atoms with van der Waals surface area (Å²) in [7, 11) is 0. The van der Waals surface area contributed by atoms with Crippen LogP contribution in [0.25, 0.3) is 0 Å². The number of carbonyl (C=O) groups excluding carboxylic acids is 1. The van der Waals surface area contributed by atoms with Crippen molar-refractivity contribution < 1.29 is 18.7 Å². The molecule has 32 heavy (non-hydrogen) atoms. The lowest BCUT2D eigenvalue weighted by atomic mass is 9.83. The first-order chi connectivity index (χ1) is 15.4. The zero-order valence-corrected chi connectivity index (χ0v) is 19.5. The fourth-order valence-corrected chi connectivity index (χ4v) is 5.04. The van der Waals surface area contributed by atoms with Crippen LogP contribution in [0, 0.1) is 12.8 Å². The molecule has 1 aliphatic carbocycles. The molecule has 0 radical (unpaired) electrons. The summed E-state index contributed by atoms with van der Waals surface area (Å²) in [5.74, 6) is 0.952. The van der Waals surface area contributed by atoms with Crippen LogP contribution in [0.15, 0.2) is 36.4 Å². The minimum atomic E-state index is -1.82. The van der Waals surface area contributed by atoms with Gasteiger partial charge in [0.2, 0.25) is 5.78 Å². The van der Waals surface area contributed by atoms with Crippen LogP contribution in [-0.4, -0.2) is 42.7 Å². The van der Waals surface area contributed by atoms with Crippen molar-refractivity contribution in [3.8, 4) is 11.5 Å². The van der Waals surface area contributed by atoms with Crippen LogP contribution >= 0.6 is 0 Å². The highest BCUT2D eigenvalue weighted by molar-refractivity contribution is 6.07. The third kappa shape index (κ3) is 4.83. The van der Waals surface area contributed by atoms with Crippen molar-refractivity contribution in [2.24, 2.45) is 5.92 Å². The summed E-state index contributed by atoms with van der Waals surface area (Å²) in [6, 6.07) is 12.1. The average molecular weight is 440 g/mol. The second-order valence-corrected chi connectivity index (χ2v) is 9.20. The molecule has 0 saturated carbocycles. The number of rotatable bonds is 8. The molecule has 1 unspecified atom stereocenters. The maximum atomic E-state index is 16.0. The molecular formula is C27H34FNO3. The number of hydrogen-bond donors (Lipinski definition) is 0. The SMILES string of the molecule is CCOc1cc2c(cc1OCC)C(=O)C(F)(CC1CCN(Cc3ccc(C)cc3)CC1)C2. The van der Waals surface area contributed by atoms with E-state index in [4.69, 9.17) is 9.47 Å². The molecule has 2 aromatic carbocycles. The standard InChI is InChI=1S/C27H34FNO3/c1-4-31-24-14-22-17-27(28,26(30)23(22)15-25(24)32-5-2)16-20-10-12-29(13-11-20)18-21-8-6-19(3)7-9-21/h6-9,14-15,20H,4-5,10-13,16-18H2,1-3H3. The number of likely N-dealkylation sites (tertiary alicyclic amines) is 1. The highest BCUT2D eigenvalue weighted by Gasteiger charge is 2.48. The van der Waals surface area contributed by atoms with Crippen molar-refractivity contribution in [1.82, 2.24) is 4.90 Å². The number of aryl methyl sites for hydroxylation is 1. The topological polar surface area (TPSA) is 38.8 Å². The Balaban J connectivity index is 1.38. The number of ketones is 1. The van der Waals surface area contributed by atoms with E-state index in [0.717, 1.165) is 38.0 Å². The summed E-state index contributed by atoms with van der Waals surface area (Å²) in [5.41, 5.74) is 1.95. The van der Waals surface area contributed by atoms with Crippen molar-refractivity contribution in [2.45, 2.75) is 58.7 Å². The Morgan fingerprint density at radius 1 is 1.03 bits per heavy atom. The van der Waals surface area contributed by atoms with Crippen LogP contribution in [-0.2, 0) is 13.0 Å². The maximum absolute atomic E-state index is 16.0. The lowest BCUT2D eigenvalue weighted by Crippen LogP contribution is -2.38. The maximum Gasteiger partial charge on any atom is 0.200 e. The van der Waals surface area contributed by atoms with Gasteiger partial charge in [0.1, 0.15) is 0 Å². The Labute approximate surface area is 190 Å². The van der Waals surface area contributed by atoms with E-state index >= 15 is 4.39 Å². The van der Waals surface area contributed by atoms with E-state index in [1.54, 1.807) is 12.1 Å². The number of Topliss-reactive ketones (excluding diaryl/α,β-unsaturated/α-hetero) is 1. The zero-order valence-electron chi connectivity index (χ0n) is 19.5. The van der Waals surface area contributed by atoms with Gasteiger partial charge in [-0.25, -0.2) is 4.39 Å².